The van der Waals surface area contributed by atoms with Gasteiger partial charge in [0.15, 0.2) is 22.6 Å². The van der Waals surface area contributed by atoms with E-state index in [1.165, 1.54) is 68.4 Å². The first-order chi connectivity index (χ1) is 45.9. The molecule has 1 radical (unpaired) electrons. The van der Waals surface area contributed by atoms with Crippen LogP contribution in [-0.2, 0) is 28.1 Å². The second-order valence-electron chi connectivity index (χ2n) is 22.1. The van der Waals surface area contributed by atoms with Crippen molar-refractivity contribution in [2.45, 2.75) is 200 Å². The number of pyridine rings is 4. The summed E-state index contributed by atoms with van der Waals surface area (Å²) in [5.41, 5.74) is 9.19. The number of carbonyl (C=O) groups excluding carboxylic acids is 2. The van der Waals surface area contributed by atoms with Gasteiger partial charge in [0.2, 0.25) is 11.8 Å². The van der Waals surface area contributed by atoms with Crippen LogP contribution in [0.15, 0.2) is 73.3 Å². The number of amides is 2. The summed E-state index contributed by atoms with van der Waals surface area (Å²) in [5.74, 6) is 6.19. The normalized spacial score (nSPS) is 14.5. The number of carbonyl (C=O) groups is 2. The van der Waals surface area contributed by atoms with Crippen molar-refractivity contribution < 1.29 is 47.5 Å². The topological polar surface area (TPSA) is 268 Å². The molecule has 2 saturated heterocycles. The average molecular weight is 2110 g/mol. The summed E-state index contributed by atoms with van der Waals surface area (Å²) >= 11 is 19.0. The summed E-state index contributed by atoms with van der Waals surface area (Å²) < 4.78 is 28.3. The van der Waals surface area contributed by atoms with E-state index in [1.54, 1.807) is 14.1 Å². The standard InChI is InChI=1S/C15H21N5O2.C13H17N3O.C12H16N4O.C8H9N3.C6H12O.C3H6ClNO.C2H3I3.C2H4I2.C2H5I.C2H6.CH5N.2CH4.V/c1-11-17-18-14-4-3-13(9-20(11)14)22-12-5-7-19(8-6-12)10-15(21)16-2;1-10-14-15-13-8-7-12(9-16(10)13)17-11-5-3-2-4-6-11;1-9-14-15-12-3-2-11(8-16(9)12)17-10-4-6-13-7-5-10;1-6-3-4-8-10-9-7(2)11(8)5-6;7-6-4-2-1-3-5-6;1-5-3(6)2-4;1-2(3,4)5;1-2(3)4;1-2-3;2*1-2;;;/h3-4,9,12H,5-8,10H2,1-2H3,(H,16,21);7-9,11H,2-6H2,1H3;2-3,8,10,13H,4-7H2,1H3;3-5H,1-2H3;6-7H,1-5H2;2H2,1H3,(H,5,6);1H3;2H,1H3;2H2,1H3;1-2H3;2H2,1H3;2*1H4;. The molecule has 6 N–H and O–H groups in total. The predicted octanol–water partition coefficient (Wildman–Crippen LogP) is 15.7. The van der Waals surface area contributed by atoms with Crippen molar-refractivity contribution in [2.75, 3.05) is 64.2 Å². The van der Waals surface area contributed by atoms with Crippen molar-refractivity contribution in [3.05, 3.63) is 102 Å². The first-order valence-electron chi connectivity index (χ1n) is 32.7. The van der Waals surface area contributed by atoms with Crippen molar-refractivity contribution in [3.8, 4) is 17.2 Å². The number of nitrogens with two attached hydrogens (primary N) is 1. The molecule has 0 bridgehead atoms. The number of ether oxygens (including phenoxy) is 3. The summed E-state index contributed by atoms with van der Waals surface area (Å²) in [6.07, 6.45) is 25.0. The molecule has 0 atom stereocenters. The zero-order chi connectivity index (χ0) is 71.6. The Balaban J connectivity index is 0. The number of fused-ring (bicyclic) bond motifs is 4. The van der Waals surface area contributed by atoms with Crippen LogP contribution in [0.5, 0.6) is 17.2 Å². The number of halogens is 7. The Morgan fingerprint density at radius 1 is 0.586 bits per heavy atom. The van der Waals surface area contributed by atoms with E-state index in [-0.39, 0.29) is 63.3 Å². The second kappa shape index (κ2) is 57.2. The Labute approximate surface area is 689 Å². The minimum Gasteiger partial charge on any atom is -0.489 e. The van der Waals surface area contributed by atoms with Gasteiger partial charge < -0.3 is 41.0 Å². The maximum absolute atomic E-state index is 11.4. The molecular weight excluding hydrogens is 2000 g/mol. The Morgan fingerprint density at radius 3 is 1.19 bits per heavy atom. The molecule has 10 heterocycles. The summed E-state index contributed by atoms with van der Waals surface area (Å²) in [6.45, 7) is 24.5. The van der Waals surface area contributed by atoms with Gasteiger partial charge in [-0.3, -0.25) is 32.1 Å². The molecule has 4 fully saturated rings. The van der Waals surface area contributed by atoms with Gasteiger partial charge in [-0.25, -0.2) is 0 Å². The molecule has 559 valence electrons. The van der Waals surface area contributed by atoms with Gasteiger partial charge in [0.1, 0.15) is 58.1 Å². The van der Waals surface area contributed by atoms with Crippen LogP contribution in [-0.4, -0.2) is 170 Å². The summed E-state index contributed by atoms with van der Waals surface area (Å²) in [5, 5.41) is 49.5. The Morgan fingerprint density at radius 2 is 0.889 bits per heavy atom. The van der Waals surface area contributed by atoms with E-state index in [0.29, 0.717) is 18.2 Å². The number of hydrogen-bond acceptors (Lipinski definition) is 17. The molecule has 99 heavy (non-hydrogen) atoms. The van der Waals surface area contributed by atoms with Crippen LogP contribution in [0.2, 0.25) is 0 Å². The van der Waals surface area contributed by atoms with Crippen molar-refractivity contribution in [3.63, 3.8) is 0 Å². The monoisotopic (exact) mass is 2110 g/mol. The molecule has 2 amide bonds. The molecule has 0 unspecified atom stereocenters. The number of rotatable bonds is 9. The third-order valence-electron chi connectivity index (χ3n) is 14.3. The summed E-state index contributed by atoms with van der Waals surface area (Å²) in [6, 6.07) is 15.7. The van der Waals surface area contributed by atoms with E-state index in [1.807, 2.05) is 132 Å². The molecule has 31 heteroatoms. The fourth-order valence-corrected chi connectivity index (χ4v) is 9.70. The number of nitrogens with zero attached hydrogens (tertiary/aromatic N) is 13. The van der Waals surface area contributed by atoms with Crippen LogP contribution in [0.4, 0.5) is 0 Å². The van der Waals surface area contributed by atoms with Gasteiger partial charge in [-0.15, -0.1) is 52.4 Å². The molecule has 2 saturated carbocycles. The number of aryl methyl sites for hydroxylation is 5. The van der Waals surface area contributed by atoms with Gasteiger partial charge in [0.05, 0.1) is 39.3 Å². The van der Waals surface area contributed by atoms with E-state index in [4.69, 9.17) is 30.9 Å². The van der Waals surface area contributed by atoms with Gasteiger partial charge in [0.25, 0.3) is 0 Å². The number of nitrogens with one attached hydrogen (secondary N) is 3. The molecule has 4 aliphatic rings. The van der Waals surface area contributed by atoms with Gasteiger partial charge in [0, 0.05) is 51.9 Å². The molecule has 8 aromatic rings. The third kappa shape index (κ3) is 42.0. The van der Waals surface area contributed by atoms with Crippen LogP contribution in [0.25, 0.3) is 22.6 Å². The molecular formula is C68H112ClI6N17O6V. The fourth-order valence-electron chi connectivity index (χ4n) is 9.57. The van der Waals surface area contributed by atoms with E-state index < -0.39 is 0 Å². The maximum atomic E-state index is 11.4. The molecule has 8 aromatic heterocycles. The minimum absolute atomic E-state index is 0. The number of likely N-dealkylation sites (N-methyl/N-ethyl adjacent to an activating group) is 1. The zero-order valence-corrected chi connectivity index (χ0v) is 73.7. The Kier molecular flexibility index (Phi) is 57.2. The maximum Gasteiger partial charge on any atom is 0.234 e. The quantitative estimate of drug-likeness (QED) is 0.0664. The van der Waals surface area contributed by atoms with Crippen molar-refractivity contribution in [1.29, 1.82) is 0 Å². The van der Waals surface area contributed by atoms with Gasteiger partial charge in [-0.1, -0.05) is 203 Å². The molecule has 2 aliphatic carbocycles. The number of aliphatic hydroxyl groups excluding tert-OH is 1. The number of likely N-dealkylation sites (tertiary alicyclic amines) is 1. The van der Waals surface area contributed by atoms with Crippen molar-refractivity contribution >= 4 is 182 Å². The summed E-state index contributed by atoms with van der Waals surface area (Å²) in [7, 11) is 4.71. The van der Waals surface area contributed by atoms with E-state index >= 15 is 0 Å². The minimum atomic E-state index is -0.142. The van der Waals surface area contributed by atoms with Gasteiger partial charge in [-0.05, 0) is 185 Å². The molecule has 2 aliphatic heterocycles. The van der Waals surface area contributed by atoms with Crippen LogP contribution in [0.1, 0.15) is 168 Å². The molecule has 12 rings (SSSR count). The third-order valence-corrected chi connectivity index (χ3v) is 14.5. The largest absolute Gasteiger partial charge is 0.489 e. The van der Waals surface area contributed by atoms with Crippen LogP contribution < -0.4 is 35.9 Å². The number of aromatic nitrogens is 12. The molecule has 0 aromatic carbocycles. The van der Waals surface area contributed by atoms with Gasteiger partial charge >= 0.3 is 0 Å². The van der Waals surface area contributed by atoms with Gasteiger partial charge in [-0.2, -0.15) is 0 Å². The van der Waals surface area contributed by atoms with Crippen molar-refractivity contribution in [1.82, 2.24) is 79.2 Å². The second-order valence-corrected chi connectivity index (χ2v) is 42.7. The van der Waals surface area contributed by atoms with Crippen molar-refractivity contribution in [2.24, 2.45) is 5.73 Å². The van der Waals surface area contributed by atoms with E-state index in [2.05, 4.69) is 231 Å². The SMILES string of the molecule is C.C.CC.CC(I)(I)I.CC(I)I.CCI.CN.CNC(=O)CCl.CNC(=O)CN1CCC(Oc2ccc3nnc(C)n3c2)CC1.Cc1ccc2nnc(C)n2c1.Cc1nnc2ccc(OC3CCCCC3)cn12.Cc1nnc2ccc(OC3CCNCC3)cn12.OC1CCCCC1.[V]. The zero-order valence-electron chi connectivity index (χ0n) is 58.6. The Hall–Kier alpha value is -2.09. The van der Waals surface area contributed by atoms with Crippen LogP contribution in [0, 0.1) is 34.6 Å². The first-order valence-corrected chi connectivity index (χ1v) is 40.5. The number of hydrogen-bond donors (Lipinski definition) is 5. The number of aliphatic hydroxyl groups is 1. The summed E-state index contributed by atoms with van der Waals surface area (Å²) in [4.78, 5) is 23.5. The van der Waals surface area contributed by atoms with E-state index in [0.717, 1.165) is 130 Å². The number of alkyl halides is 7. The van der Waals surface area contributed by atoms with E-state index in [9.17, 15) is 9.59 Å². The molecule has 0 spiro atoms. The average Bonchev–Trinajstić information content (AvgIpc) is 1.74. The Bertz CT molecular complexity index is 3260. The fraction of sp³-hybridized carbons (Fsp3) is 0.618. The van der Waals surface area contributed by atoms with Crippen LogP contribution in [0.3, 0.4) is 0 Å². The smallest absolute Gasteiger partial charge is 0.234 e. The predicted molar refractivity (Wildman–Crippen MR) is 455 cm³/mol. The number of piperidine rings is 2. The first kappa shape index (κ1) is 99.0. The molecule has 23 nitrogen and oxygen atoms in total. The van der Waals surface area contributed by atoms with Crippen LogP contribution >= 0.6 is 147 Å².